The van der Waals surface area contributed by atoms with Crippen LogP contribution in [0, 0.1) is 14.3 Å². The van der Waals surface area contributed by atoms with E-state index < -0.39 is 8.56 Å². The van der Waals surface area contributed by atoms with E-state index in [0.717, 1.165) is 10.4 Å². The van der Waals surface area contributed by atoms with Crippen LogP contribution in [-0.2, 0) is 8.85 Å². The first kappa shape index (κ1) is 18.8. The van der Waals surface area contributed by atoms with Gasteiger partial charge in [-0.2, -0.15) is 0 Å². The van der Waals surface area contributed by atoms with Crippen LogP contribution in [0.4, 0.5) is 0 Å². The zero-order chi connectivity index (χ0) is 15.6. The highest BCUT2D eigenvalue weighted by atomic mass is 127. The summed E-state index contributed by atoms with van der Waals surface area (Å²) in [4.78, 5) is 0. The van der Waals surface area contributed by atoms with Gasteiger partial charge in [0.1, 0.15) is 0 Å². The summed E-state index contributed by atoms with van der Waals surface area (Å²) in [6.45, 7) is 0. The Labute approximate surface area is 180 Å². The van der Waals surface area contributed by atoms with E-state index >= 15 is 0 Å². The Hall–Kier alpha value is 1.50. The van der Waals surface area contributed by atoms with Gasteiger partial charge in [-0.25, -0.2) is 0 Å². The van der Waals surface area contributed by atoms with Crippen LogP contribution in [0.5, 0.6) is 0 Å². The number of benzene rings is 2. The molecule has 0 unspecified atom stereocenters. The van der Waals surface area contributed by atoms with Gasteiger partial charge >= 0.3 is 8.56 Å². The molecule has 0 spiro atoms. The van der Waals surface area contributed by atoms with E-state index in [9.17, 15) is 0 Å². The van der Waals surface area contributed by atoms with Gasteiger partial charge in [0.2, 0.25) is 0 Å². The summed E-state index contributed by atoms with van der Waals surface area (Å²) >= 11 is 9.42. The monoisotopic (exact) mass is 748 g/mol. The highest BCUT2D eigenvalue weighted by molar-refractivity contribution is 14.1. The molecule has 0 saturated heterocycles. The molecule has 0 saturated carbocycles. The molecule has 0 N–H and O–H groups in total. The second kappa shape index (κ2) is 8.05. The summed E-state index contributed by atoms with van der Waals surface area (Å²) in [6, 6.07) is 12.8. The topological polar surface area (TPSA) is 18.5 Å². The Kier molecular flexibility index (Phi) is 7.22. The van der Waals surface area contributed by atoms with Crippen LogP contribution in [0.15, 0.2) is 36.4 Å². The van der Waals surface area contributed by atoms with Gasteiger partial charge in [-0.15, -0.1) is 0 Å². The van der Waals surface area contributed by atoms with Crippen molar-refractivity contribution in [3.05, 3.63) is 50.7 Å². The summed E-state index contributed by atoms with van der Waals surface area (Å²) in [5, 5.41) is 2.27. The molecule has 0 aliphatic rings. The molecule has 112 valence electrons. The molecule has 2 aromatic carbocycles. The second-order valence-corrected chi connectivity index (χ2v) is 12.1. The second-order valence-electron chi connectivity index (χ2n) is 4.29. The summed E-state index contributed by atoms with van der Waals surface area (Å²) < 4.78 is 16.8. The molecule has 21 heavy (non-hydrogen) atoms. The van der Waals surface area contributed by atoms with Crippen molar-refractivity contribution < 1.29 is 8.85 Å². The van der Waals surface area contributed by atoms with Crippen molar-refractivity contribution in [2.75, 3.05) is 14.2 Å². The molecular formula is C14H12I4O2Si. The van der Waals surface area contributed by atoms with Crippen molar-refractivity contribution in [2.24, 2.45) is 0 Å². The first-order chi connectivity index (χ1) is 9.94. The van der Waals surface area contributed by atoms with Gasteiger partial charge in [0.25, 0.3) is 0 Å². The lowest BCUT2D eigenvalue weighted by molar-refractivity contribution is 0.272. The molecule has 0 radical (unpaired) electrons. The number of halogens is 4. The molecular weight excluding hydrogens is 736 g/mol. The largest absolute Gasteiger partial charge is 0.406 e. The number of rotatable bonds is 4. The lowest BCUT2D eigenvalue weighted by Crippen LogP contribution is -2.62. The van der Waals surface area contributed by atoms with Gasteiger partial charge < -0.3 is 8.85 Å². The van der Waals surface area contributed by atoms with Crippen molar-refractivity contribution in [3.8, 4) is 0 Å². The van der Waals surface area contributed by atoms with Crippen LogP contribution in [0.25, 0.3) is 0 Å². The van der Waals surface area contributed by atoms with Crippen LogP contribution >= 0.6 is 90.4 Å². The lowest BCUT2D eigenvalue weighted by atomic mass is 10.4. The van der Waals surface area contributed by atoms with Crippen molar-refractivity contribution in [1.82, 2.24) is 0 Å². The minimum Gasteiger partial charge on any atom is -0.391 e. The van der Waals surface area contributed by atoms with E-state index in [0.29, 0.717) is 0 Å². The molecule has 2 rings (SSSR count). The van der Waals surface area contributed by atoms with Crippen molar-refractivity contribution >= 4 is 109 Å². The Balaban J connectivity index is 2.65. The third-order valence-electron chi connectivity index (χ3n) is 3.16. The first-order valence-corrected chi connectivity index (χ1v) is 12.1. The fourth-order valence-electron chi connectivity index (χ4n) is 2.14. The van der Waals surface area contributed by atoms with Crippen LogP contribution < -0.4 is 10.4 Å². The Morgan fingerprint density at radius 2 is 1.24 bits per heavy atom. The predicted octanol–water partition coefficient (Wildman–Crippen LogP) is 3.95. The Bertz CT molecular complexity index is 619. The molecule has 0 aromatic heterocycles. The van der Waals surface area contributed by atoms with E-state index in [4.69, 9.17) is 8.85 Å². The number of hydrogen-bond donors (Lipinski definition) is 0. The first-order valence-electron chi connectivity index (χ1n) is 5.96. The molecule has 2 aromatic rings. The lowest BCUT2D eigenvalue weighted by Gasteiger charge is -2.28. The van der Waals surface area contributed by atoms with Gasteiger partial charge in [0.15, 0.2) is 0 Å². The van der Waals surface area contributed by atoms with Gasteiger partial charge in [0, 0.05) is 33.7 Å². The summed E-state index contributed by atoms with van der Waals surface area (Å²) in [7, 11) is 0.862. The van der Waals surface area contributed by atoms with E-state index in [-0.39, 0.29) is 0 Å². The standard InChI is InChI=1S/C14H12I4O2Si/c1-19-21(20-2,10-5-3-9(15)4-6-10)11-7-12(16)14(18)13(17)8-11/h3-8H,1-2H3. The highest BCUT2D eigenvalue weighted by Gasteiger charge is 2.41. The Morgan fingerprint density at radius 3 is 1.67 bits per heavy atom. The van der Waals surface area contributed by atoms with Gasteiger partial charge in [-0.1, -0.05) is 12.1 Å². The molecule has 0 heterocycles. The van der Waals surface area contributed by atoms with Crippen molar-refractivity contribution in [1.29, 1.82) is 0 Å². The molecule has 2 nitrogen and oxygen atoms in total. The quantitative estimate of drug-likeness (QED) is 0.268. The number of hydrogen-bond acceptors (Lipinski definition) is 2. The van der Waals surface area contributed by atoms with E-state index in [1.165, 1.54) is 14.3 Å². The van der Waals surface area contributed by atoms with Crippen molar-refractivity contribution in [3.63, 3.8) is 0 Å². The maximum absolute atomic E-state index is 5.95. The molecule has 0 aliphatic heterocycles. The third-order valence-corrected chi connectivity index (χ3v) is 12.1. The molecule has 7 heteroatoms. The van der Waals surface area contributed by atoms with Crippen molar-refractivity contribution in [2.45, 2.75) is 0 Å². The SMILES string of the molecule is CO[Si](OC)(c1ccc(I)cc1)c1cc(I)c(I)c(I)c1. The van der Waals surface area contributed by atoms with Crippen LogP contribution in [0.2, 0.25) is 0 Å². The zero-order valence-electron chi connectivity index (χ0n) is 11.3. The molecule has 0 amide bonds. The van der Waals surface area contributed by atoms with Crippen LogP contribution in [0.3, 0.4) is 0 Å². The summed E-state index contributed by atoms with van der Waals surface area (Å²) in [5.41, 5.74) is 0. The molecule has 0 fully saturated rings. The van der Waals surface area contributed by atoms with Gasteiger partial charge in [0.05, 0.1) is 0 Å². The normalized spacial score (nSPS) is 11.7. The molecule has 0 bridgehead atoms. The van der Waals surface area contributed by atoms with E-state index in [2.05, 4.69) is 127 Å². The van der Waals surface area contributed by atoms with E-state index in [1.807, 2.05) is 0 Å². The average molecular weight is 748 g/mol. The average Bonchev–Trinajstić information content (AvgIpc) is 2.48. The Morgan fingerprint density at radius 1 is 0.762 bits per heavy atom. The maximum atomic E-state index is 5.95. The smallest absolute Gasteiger partial charge is 0.391 e. The van der Waals surface area contributed by atoms with Gasteiger partial charge in [-0.3, -0.25) is 0 Å². The molecule has 0 aliphatic carbocycles. The van der Waals surface area contributed by atoms with Crippen LogP contribution in [-0.4, -0.2) is 22.8 Å². The fraction of sp³-hybridized carbons (Fsp3) is 0.143. The highest BCUT2D eigenvalue weighted by Crippen LogP contribution is 2.22. The third kappa shape index (κ3) is 3.95. The minimum atomic E-state index is -2.62. The predicted molar refractivity (Wildman–Crippen MR) is 123 cm³/mol. The minimum absolute atomic E-state index is 1.13. The van der Waals surface area contributed by atoms with Gasteiger partial charge in [-0.05, 0) is 120 Å². The van der Waals surface area contributed by atoms with Crippen LogP contribution in [0.1, 0.15) is 0 Å². The van der Waals surface area contributed by atoms with E-state index in [1.54, 1.807) is 14.2 Å². The fourth-order valence-corrected chi connectivity index (χ4v) is 7.88. The maximum Gasteiger partial charge on any atom is 0.406 e. The summed E-state index contributed by atoms with van der Waals surface area (Å²) in [5.74, 6) is 0. The summed E-state index contributed by atoms with van der Waals surface area (Å²) in [6.07, 6.45) is 0. The molecule has 0 atom stereocenters. The zero-order valence-corrected chi connectivity index (χ0v) is 20.9.